The number of aliphatic hydroxyl groups excluding tert-OH is 1. The maximum atomic E-state index is 13.0. The molecule has 1 N–H and O–H groups in total. The third kappa shape index (κ3) is 6.29. The second-order valence-electron chi connectivity index (χ2n) is 7.98. The molecular formula is C27H26O7S. The molecule has 0 amide bonds. The average Bonchev–Trinajstić information content (AvgIpc) is 2.91. The Balaban J connectivity index is 1.62. The van der Waals surface area contributed by atoms with Crippen molar-refractivity contribution >= 4 is 24.6 Å². The van der Waals surface area contributed by atoms with E-state index >= 15 is 0 Å². The molecule has 1 fully saturated rings. The highest BCUT2D eigenvalue weighted by atomic mass is 32.1. The van der Waals surface area contributed by atoms with E-state index in [0.717, 1.165) is 5.56 Å². The minimum Gasteiger partial charge on any atom is -0.452 e. The molecule has 3 aromatic rings. The summed E-state index contributed by atoms with van der Waals surface area (Å²) in [7, 11) is 0. The number of benzene rings is 3. The fourth-order valence-corrected chi connectivity index (χ4v) is 4.21. The van der Waals surface area contributed by atoms with E-state index in [9.17, 15) is 14.7 Å². The van der Waals surface area contributed by atoms with Gasteiger partial charge in [0, 0.05) is 0 Å². The van der Waals surface area contributed by atoms with Crippen molar-refractivity contribution in [3.05, 3.63) is 108 Å². The molecule has 5 atom stereocenters. The first-order chi connectivity index (χ1) is 17.1. The number of carbonyl (C=O) groups is 2. The van der Waals surface area contributed by atoms with E-state index in [-0.39, 0.29) is 6.61 Å². The minimum absolute atomic E-state index is 0.189. The van der Waals surface area contributed by atoms with Gasteiger partial charge < -0.3 is 24.1 Å². The SMILES string of the molecule is O=C(O[C@@H]1[C@@H](OCc2ccccc2)[C@@H](S)O[C@H](CO)[C@@H]1OC(=O)c1ccccc1)c1ccccc1. The molecule has 0 aromatic heterocycles. The highest BCUT2D eigenvalue weighted by Gasteiger charge is 2.50. The van der Waals surface area contributed by atoms with Gasteiger partial charge in [-0.05, 0) is 29.8 Å². The van der Waals surface area contributed by atoms with Crippen LogP contribution < -0.4 is 0 Å². The van der Waals surface area contributed by atoms with Crippen LogP contribution in [-0.4, -0.2) is 53.5 Å². The summed E-state index contributed by atoms with van der Waals surface area (Å²) in [5.74, 6) is -1.26. The summed E-state index contributed by atoms with van der Waals surface area (Å²) in [5, 5.41) is 9.99. The van der Waals surface area contributed by atoms with E-state index in [4.69, 9.17) is 18.9 Å². The lowest BCUT2D eigenvalue weighted by molar-refractivity contribution is -0.221. The lowest BCUT2D eigenvalue weighted by atomic mass is 9.99. The van der Waals surface area contributed by atoms with Crippen molar-refractivity contribution in [3.8, 4) is 0 Å². The number of thiol groups is 1. The van der Waals surface area contributed by atoms with Crippen LogP contribution in [0.15, 0.2) is 91.0 Å². The minimum atomic E-state index is -1.13. The summed E-state index contributed by atoms with van der Waals surface area (Å²) in [6.07, 6.45) is -4.09. The first kappa shape index (κ1) is 24.9. The van der Waals surface area contributed by atoms with Crippen molar-refractivity contribution in [1.82, 2.24) is 0 Å². The van der Waals surface area contributed by atoms with Crippen LogP contribution in [0.4, 0.5) is 0 Å². The van der Waals surface area contributed by atoms with Crippen LogP contribution >= 0.6 is 12.6 Å². The summed E-state index contributed by atoms with van der Waals surface area (Å²) in [6.45, 7) is -0.289. The molecule has 1 saturated heterocycles. The first-order valence-electron chi connectivity index (χ1n) is 11.2. The largest absolute Gasteiger partial charge is 0.452 e. The van der Waals surface area contributed by atoms with E-state index in [1.165, 1.54) is 0 Å². The zero-order chi connectivity index (χ0) is 24.6. The molecule has 3 aromatic carbocycles. The Hall–Kier alpha value is -3.17. The third-order valence-electron chi connectivity index (χ3n) is 5.58. The van der Waals surface area contributed by atoms with Gasteiger partial charge in [0.15, 0.2) is 12.2 Å². The molecule has 0 unspecified atom stereocenters. The van der Waals surface area contributed by atoms with Crippen LogP contribution in [0.25, 0.3) is 0 Å². The van der Waals surface area contributed by atoms with Crippen LogP contribution in [0.3, 0.4) is 0 Å². The Kier molecular flexibility index (Phi) is 8.54. The standard InChI is InChI=1S/C27H26O7S/c28-16-21-22(33-25(29)19-12-6-2-7-13-19)23(34-26(30)20-14-8-3-9-15-20)24(27(35)32-21)31-17-18-10-4-1-5-11-18/h1-15,21-24,27-28,35H,16-17H2/t21-,22+,23+,24-,27-/m1/s1. The van der Waals surface area contributed by atoms with Crippen LogP contribution in [0, 0.1) is 0 Å². The zero-order valence-electron chi connectivity index (χ0n) is 18.8. The molecule has 0 aliphatic carbocycles. The van der Waals surface area contributed by atoms with Crippen molar-refractivity contribution in [2.75, 3.05) is 6.61 Å². The summed E-state index contributed by atoms with van der Waals surface area (Å²) in [6, 6.07) is 26.3. The normalized spacial score (nSPS) is 23.9. The van der Waals surface area contributed by atoms with E-state index in [0.29, 0.717) is 11.1 Å². The molecular weight excluding hydrogens is 468 g/mol. The summed E-state index contributed by atoms with van der Waals surface area (Å²) in [4.78, 5) is 25.9. The van der Waals surface area contributed by atoms with Gasteiger partial charge in [-0.3, -0.25) is 0 Å². The van der Waals surface area contributed by atoms with Gasteiger partial charge in [0.25, 0.3) is 0 Å². The van der Waals surface area contributed by atoms with E-state index in [2.05, 4.69) is 12.6 Å². The molecule has 1 aliphatic heterocycles. The summed E-state index contributed by atoms with van der Waals surface area (Å²) < 4.78 is 23.5. The number of aliphatic hydroxyl groups is 1. The molecule has 7 nitrogen and oxygen atoms in total. The zero-order valence-corrected chi connectivity index (χ0v) is 19.7. The quantitative estimate of drug-likeness (QED) is 0.365. The Bertz CT molecular complexity index is 1090. The fraction of sp³-hybridized carbons (Fsp3) is 0.259. The number of hydrogen-bond donors (Lipinski definition) is 2. The molecule has 0 radical (unpaired) electrons. The van der Waals surface area contributed by atoms with Gasteiger partial charge >= 0.3 is 11.9 Å². The molecule has 0 spiro atoms. The highest BCUT2D eigenvalue weighted by Crippen LogP contribution is 2.31. The predicted octanol–water partition coefficient (Wildman–Crippen LogP) is 3.67. The number of ether oxygens (including phenoxy) is 4. The van der Waals surface area contributed by atoms with E-state index in [1.807, 2.05) is 30.3 Å². The summed E-state index contributed by atoms with van der Waals surface area (Å²) in [5.41, 5.74) is 0.677. The molecule has 1 aliphatic rings. The van der Waals surface area contributed by atoms with Crippen LogP contribution in [-0.2, 0) is 25.6 Å². The first-order valence-corrected chi connectivity index (χ1v) is 11.7. The Morgan fingerprint density at radius 2 is 1.23 bits per heavy atom. The smallest absolute Gasteiger partial charge is 0.338 e. The van der Waals surface area contributed by atoms with Gasteiger partial charge in [-0.2, -0.15) is 0 Å². The van der Waals surface area contributed by atoms with Gasteiger partial charge in [0.2, 0.25) is 0 Å². The number of esters is 2. The predicted molar refractivity (Wildman–Crippen MR) is 131 cm³/mol. The molecule has 0 saturated carbocycles. The maximum Gasteiger partial charge on any atom is 0.338 e. The molecule has 35 heavy (non-hydrogen) atoms. The molecule has 0 bridgehead atoms. The molecule has 182 valence electrons. The molecule has 4 rings (SSSR count). The van der Waals surface area contributed by atoms with Crippen molar-refractivity contribution in [2.24, 2.45) is 0 Å². The maximum absolute atomic E-state index is 13.0. The second-order valence-corrected chi connectivity index (χ2v) is 8.49. The Labute approximate surface area is 209 Å². The van der Waals surface area contributed by atoms with E-state index < -0.39 is 48.4 Å². The van der Waals surface area contributed by atoms with Crippen molar-refractivity contribution < 1.29 is 33.6 Å². The number of hydrogen-bond acceptors (Lipinski definition) is 8. The van der Waals surface area contributed by atoms with Crippen LogP contribution in [0.5, 0.6) is 0 Å². The van der Waals surface area contributed by atoms with Gasteiger partial charge in [0.1, 0.15) is 17.6 Å². The Morgan fingerprint density at radius 1 is 0.743 bits per heavy atom. The number of rotatable bonds is 8. The lowest BCUT2D eigenvalue weighted by Gasteiger charge is -2.43. The van der Waals surface area contributed by atoms with Crippen molar-refractivity contribution in [2.45, 2.75) is 36.5 Å². The van der Waals surface area contributed by atoms with Crippen LogP contribution in [0.1, 0.15) is 26.3 Å². The van der Waals surface area contributed by atoms with Gasteiger partial charge in [-0.15, -0.1) is 12.6 Å². The Morgan fingerprint density at radius 3 is 1.74 bits per heavy atom. The fourth-order valence-electron chi connectivity index (χ4n) is 3.79. The topological polar surface area (TPSA) is 91.3 Å². The second kappa shape index (κ2) is 12.0. The van der Waals surface area contributed by atoms with Crippen molar-refractivity contribution in [1.29, 1.82) is 0 Å². The summed E-state index contributed by atoms with van der Waals surface area (Å²) >= 11 is 4.50. The van der Waals surface area contributed by atoms with Crippen molar-refractivity contribution in [3.63, 3.8) is 0 Å². The number of carbonyl (C=O) groups excluding carboxylic acids is 2. The van der Waals surface area contributed by atoms with Gasteiger partial charge in [-0.25, -0.2) is 9.59 Å². The van der Waals surface area contributed by atoms with Gasteiger partial charge in [0.05, 0.1) is 24.3 Å². The lowest BCUT2D eigenvalue weighted by Crippen LogP contribution is -2.60. The third-order valence-corrected chi connectivity index (χ3v) is 6.00. The van der Waals surface area contributed by atoms with Crippen LogP contribution in [0.2, 0.25) is 0 Å². The van der Waals surface area contributed by atoms with Gasteiger partial charge in [-0.1, -0.05) is 66.7 Å². The molecule has 1 heterocycles. The monoisotopic (exact) mass is 494 g/mol. The highest BCUT2D eigenvalue weighted by molar-refractivity contribution is 7.80. The average molecular weight is 495 g/mol. The van der Waals surface area contributed by atoms with E-state index in [1.54, 1.807) is 60.7 Å². The molecule has 8 heteroatoms.